The Bertz CT molecular complexity index is 1090. The van der Waals surface area contributed by atoms with Crippen LogP contribution in [0.1, 0.15) is 5.69 Å². The molecular weight excluding hydrogens is 376 g/mol. The predicted molar refractivity (Wildman–Crippen MR) is 111 cm³/mol. The molecule has 144 valence electrons. The number of carbonyl (C=O) groups is 1. The Morgan fingerprint density at radius 3 is 2.36 bits per heavy atom. The standard InChI is InChI=1S/C21H21ClN4O2/c1-24-21(28)16-7-3-2-6-15(16)18(23-24)14-20(27)26-12-10-25(11-13-26)19-9-5-4-8-17(19)22/h2-9H,10-14H2,1H3. The van der Waals surface area contributed by atoms with E-state index in [1.807, 2.05) is 47.4 Å². The van der Waals surface area contributed by atoms with Crippen molar-refractivity contribution in [2.24, 2.45) is 7.05 Å². The Balaban J connectivity index is 1.49. The van der Waals surface area contributed by atoms with Crippen molar-refractivity contribution < 1.29 is 4.79 Å². The normalized spacial score (nSPS) is 14.5. The molecule has 0 N–H and O–H groups in total. The van der Waals surface area contributed by atoms with E-state index in [2.05, 4.69) is 10.00 Å². The first-order chi connectivity index (χ1) is 13.5. The van der Waals surface area contributed by atoms with Crippen LogP contribution in [0.4, 0.5) is 5.69 Å². The third-order valence-electron chi connectivity index (χ3n) is 5.18. The molecule has 28 heavy (non-hydrogen) atoms. The van der Waals surface area contributed by atoms with Crippen LogP contribution in [0.3, 0.4) is 0 Å². The Hall–Kier alpha value is -2.86. The molecule has 1 saturated heterocycles. The SMILES string of the molecule is Cn1nc(CC(=O)N2CCN(c3ccccc3Cl)CC2)c2ccccc2c1=O. The first-order valence-electron chi connectivity index (χ1n) is 9.27. The van der Waals surface area contributed by atoms with Gasteiger partial charge in [-0.1, -0.05) is 41.9 Å². The van der Waals surface area contributed by atoms with E-state index in [-0.39, 0.29) is 17.9 Å². The van der Waals surface area contributed by atoms with Gasteiger partial charge in [-0.25, -0.2) is 4.68 Å². The number of fused-ring (bicyclic) bond motifs is 1. The first kappa shape index (κ1) is 18.5. The maximum Gasteiger partial charge on any atom is 0.274 e. The number of benzene rings is 2. The molecule has 0 saturated carbocycles. The zero-order valence-electron chi connectivity index (χ0n) is 15.6. The summed E-state index contributed by atoms with van der Waals surface area (Å²) >= 11 is 6.29. The average Bonchev–Trinajstić information content (AvgIpc) is 2.72. The summed E-state index contributed by atoms with van der Waals surface area (Å²) < 4.78 is 1.31. The van der Waals surface area contributed by atoms with Gasteiger partial charge in [0.25, 0.3) is 5.56 Å². The fourth-order valence-corrected chi connectivity index (χ4v) is 3.92. The Labute approximate surface area is 167 Å². The number of hydrogen-bond acceptors (Lipinski definition) is 4. The van der Waals surface area contributed by atoms with Gasteiger partial charge in [0.05, 0.1) is 28.2 Å². The summed E-state index contributed by atoms with van der Waals surface area (Å²) in [4.78, 5) is 29.2. The number of carbonyl (C=O) groups excluding carboxylic acids is 1. The summed E-state index contributed by atoms with van der Waals surface area (Å²) in [7, 11) is 1.62. The molecule has 1 amide bonds. The number of aromatic nitrogens is 2. The van der Waals surface area contributed by atoms with Crippen LogP contribution in [-0.2, 0) is 18.3 Å². The summed E-state index contributed by atoms with van der Waals surface area (Å²) in [5.74, 6) is 0.0233. The molecule has 1 aliphatic rings. The molecule has 1 aliphatic heterocycles. The van der Waals surface area contributed by atoms with E-state index in [1.165, 1.54) is 4.68 Å². The Morgan fingerprint density at radius 1 is 1.00 bits per heavy atom. The second-order valence-electron chi connectivity index (χ2n) is 6.92. The van der Waals surface area contributed by atoms with Gasteiger partial charge >= 0.3 is 0 Å². The second kappa shape index (κ2) is 7.64. The Kier molecular flexibility index (Phi) is 5.05. The minimum atomic E-state index is -0.153. The topological polar surface area (TPSA) is 58.4 Å². The zero-order chi connectivity index (χ0) is 19.7. The van der Waals surface area contributed by atoms with Crippen LogP contribution in [0.2, 0.25) is 5.02 Å². The van der Waals surface area contributed by atoms with Crippen LogP contribution in [0.5, 0.6) is 0 Å². The number of aryl methyl sites for hydroxylation is 1. The van der Waals surface area contributed by atoms with E-state index in [0.29, 0.717) is 24.2 Å². The molecule has 0 spiro atoms. The molecule has 3 aromatic rings. The van der Waals surface area contributed by atoms with Gasteiger partial charge in [-0.2, -0.15) is 5.10 Å². The van der Waals surface area contributed by atoms with E-state index in [4.69, 9.17) is 11.6 Å². The molecule has 6 nitrogen and oxygen atoms in total. The molecule has 1 aromatic heterocycles. The molecular formula is C21H21ClN4O2. The summed E-state index contributed by atoms with van der Waals surface area (Å²) in [5, 5.41) is 6.40. The summed E-state index contributed by atoms with van der Waals surface area (Å²) in [5.41, 5.74) is 1.48. The van der Waals surface area contributed by atoms with Crippen molar-refractivity contribution in [1.29, 1.82) is 0 Å². The lowest BCUT2D eigenvalue weighted by atomic mass is 10.1. The molecule has 7 heteroatoms. The number of rotatable bonds is 3. The van der Waals surface area contributed by atoms with Crippen molar-refractivity contribution in [3.8, 4) is 0 Å². The number of para-hydroxylation sites is 1. The minimum absolute atomic E-state index is 0.0233. The molecule has 1 fully saturated rings. The smallest absolute Gasteiger partial charge is 0.274 e. The number of hydrogen-bond donors (Lipinski definition) is 0. The highest BCUT2D eigenvalue weighted by molar-refractivity contribution is 6.33. The molecule has 4 rings (SSSR count). The highest BCUT2D eigenvalue weighted by Crippen LogP contribution is 2.26. The molecule has 0 unspecified atom stereocenters. The van der Waals surface area contributed by atoms with Gasteiger partial charge in [0.2, 0.25) is 5.91 Å². The van der Waals surface area contributed by atoms with Crippen molar-refractivity contribution in [2.75, 3.05) is 31.1 Å². The van der Waals surface area contributed by atoms with Gasteiger partial charge in [-0.15, -0.1) is 0 Å². The predicted octanol–water partition coefficient (Wildman–Crippen LogP) is 2.48. The summed E-state index contributed by atoms with van der Waals surface area (Å²) in [6.07, 6.45) is 0.181. The molecule has 0 bridgehead atoms. The van der Waals surface area contributed by atoms with Crippen LogP contribution < -0.4 is 10.5 Å². The van der Waals surface area contributed by atoms with Crippen molar-refractivity contribution in [2.45, 2.75) is 6.42 Å². The van der Waals surface area contributed by atoms with E-state index in [9.17, 15) is 9.59 Å². The average molecular weight is 397 g/mol. The maximum absolute atomic E-state index is 12.9. The molecule has 0 atom stereocenters. The zero-order valence-corrected chi connectivity index (χ0v) is 16.4. The quantitative estimate of drug-likeness (QED) is 0.682. The van der Waals surface area contributed by atoms with Crippen LogP contribution in [-0.4, -0.2) is 46.8 Å². The first-order valence-corrected chi connectivity index (χ1v) is 9.64. The largest absolute Gasteiger partial charge is 0.367 e. The van der Waals surface area contributed by atoms with Crippen LogP contribution >= 0.6 is 11.6 Å². The van der Waals surface area contributed by atoms with Gasteiger partial charge in [-0.05, 0) is 18.2 Å². The highest BCUT2D eigenvalue weighted by atomic mass is 35.5. The fraction of sp³-hybridized carbons (Fsp3) is 0.286. The monoisotopic (exact) mass is 396 g/mol. The molecule has 2 aromatic carbocycles. The number of amides is 1. The van der Waals surface area contributed by atoms with Crippen LogP contribution in [0, 0.1) is 0 Å². The molecule has 2 heterocycles. The Morgan fingerprint density at radius 2 is 1.64 bits per heavy atom. The van der Waals surface area contributed by atoms with E-state index in [0.717, 1.165) is 29.2 Å². The lowest BCUT2D eigenvalue weighted by Crippen LogP contribution is -2.49. The number of nitrogens with zero attached hydrogens (tertiary/aromatic N) is 4. The van der Waals surface area contributed by atoms with Crippen molar-refractivity contribution >= 4 is 34.0 Å². The van der Waals surface area contributed by atoms with E-state index >= 15 is 0 Å². The van der Waals surface area contributed by atoms with Crippen molar-refractivity contribution in [3.05, 3.63) is 69.6 Å². The lowest BCUT2D eigenvalue weighted by molar-refractivity contribution is -0.130. The van der Waals surface area contributed by atoms with Crippen LogP contribution in [0.15, 0.2) is 53.3 Å². The fourth-order valence-electron chi connectivity index (χ4n) is 3.67. The van der Waals surface area contributed by atoms with Gasteiger partial charge in [0.1, 0.15) is 0 Å². The van der Waals surface area contributed by atoms with Crippen LogP contribution in [0.25, 0.3) is 10.8 Å². The molecule has 0 aliphatic carbocycles. The lowest BCUT2D eigenvalue weighted by Gasteiger charge is -2.36. The van der Waals surface area contributed by atoms with Gasteiger partial charge in [0, 0.05) is 38.6 Å². The van der Waals surface area contributed by atoms with Crippen molar-refractivity contribution in [3.63, 3.8) is 0 Å². The number of piperazine rings is 1. The van der Waals surface area contributed by atoms with Crippen molar-refractivity contribution in [1.82, 2.24) is 14.7 Å². The van der Waals surface area contributed by atoms with Gasteiger partial charge < -0.3 is 9.80 Å². The summed E-state index contributed by atoms with van der Waals surface area (Å²) in [6, 6.07) is 15.1. The molecule has 0 radical (unpaired) electrons. The number of anilines is 1. The third-order valence-corrected chi connectivity index (χ3v) is 5.50. The minimum Gasteiger partial charge on any atom is -0.367 e. The van der Waals surface area contributed by atoms with E-state index in [1.54, 1.807) is 13.1 Å². The number of halogens is 1. The second-order valence-corrected chi connectivity index (χ2v) is 7.32. The third kappa shape index (κ3) is 3.47. The van der Waals surface area contributed by atoms with Gasteiger partial charge in [-0.3, -0.25) is 9.59 Å². The van der Waals surface area contributed by atoms with E-state index < -0.39 is 0 Å². The maximum atomic E-state index is 12.9. The summed E-state index contributed by atoms with van der Waals surface area (Å²) in [6.45, 7) is 2.73. The van der Waals surface area contributed by atoms with Gasteiger partial charge in [0.15, 0.2) is 0 Å². The highest BCUT2D eigenvalue weighted by Gasteiger charge is 2.23.